The maximum absolute atomic E-state index is 14.4. The van der Waals surface area contributed by atoms with E-state index in [1.165, 1.54) is 28.7 Å². The van der Waals surface area contributed by atoms with E-state index in [0.29, 0.717) is 17.2 Å². The van der Waals surface area contributed by atoms with Gasteiger partial charge in [0.05, 0.1) is 23.4 Å². The highest BCUT2D eigenvalue weighted by molar-refractivity contribution is 7.16. The molecular weight excluding hydrogens is 365 g/mol. The van der Waals surface area contributed by atoms with Gasteiger partial charge in [0.15, 0.2) is 0 Å². The highest BCUT2D eigenvalue weighted by Crippen LogP contribution is 2.36. The number of aromatic hydroxyl groups is 1. The molecular formula is C16H14FN3O3S2. The molecule has 0 amide bonds. The number of rotatable bonds is 4. The van der Waals surface area contributed by atoms with E-state index in [-0.39, 0.29) is 16.9 Å². The van der Waals surface area contributed by atoms with E-state index >= 15 is 0 Å². The second-order valence-corrected chi connectivity index (χ2v) is 7.05. The van der Waals surface area contributed by atoms with Gasteiger partial charge in [-0.3, -0.25) is 0 Å². The summed E-state index contributed by atoms with van der Waals surface area (Å²) in [6.07, 6.45) is 0. The minimum atomic E-state index is -0.808. The number of nitrogens with zero attached hydrogens (tertiary/aromatic N) is 2. The van der Waals surface area contributed by atoms with Gasteiger partial charge in [-0.15, -0.1) is 22.7 Å². The van der Waals surface area contributed by atoms with Gasteiger partial charge in [-0.2, -0.15) is 0 Å². The summed E-state index contributed by atoms with van der Waals surface area (Å²) < 4.78 is 18.9. The number of benzene rings is 1. The van der Waals surface area contributed by atoms with Crippen molar-refractivity contribution >= 4 is 28.6 Å². The summed E-state index contributed by atoms with van der Waals surface area (Å²) in [5.74, 6) is -1.83. The molecule has 130 valence electrons. The molecule has 6 nitrogen and oxygen atoms in total. The molecule has 3 rings (SSSR count). The van der Waals surface area contributed by atoms with E-state index in [2.05, 4.69) is 14.7 Å². The van der Waals surface area contributed by atoms with Crippen molar-refractivity contribution in [1.29, 1.82) is 0 Å². The van der Waals surface area contributed by atoms with Gasteiger partial charge < -0.3 is 15.6 Å². The van der Waals surface area contributed by atoms with Crippen LogP contribution in [0.4, 0.5) is 4.39 Å². The van der Waals surface area contributed by atoms with Crippen molar-refractivity contribution in [3.63, 3.8) is 0 Å². The van der Waals surface area contributed by atoms with Crippen molar-refractivity contribution in [3.8, 4) is 26.9 Å². The number of hydrogen-bond donors (Lipinski definition) is 2. The number of carbonyl (C=O) groups is 1. The second-order valence-electron chi connectivity index (χ2n) is 5.10. The topological polar surface area (TPSA) is 98.3 Å². The van der Waals surface area contributed by atoms with Crippen LogP contribution in [-0.4, -0.2) is 28.2 Å². The zero-order valence-electron chi connectivity index (χ0n) is 13.4. The first-order valence-corrected chi connectivity index (χ1v) is 8.87. The quantitative estimate of drug-likeness (QED) is 0.675. The van der Waals surface area contributed by atoms with Gasteiger partial charge in [-0.25, -0.2) is 19.2 Å². The maximum Gasteiger partial charge on any atom is 0.341 e. The number of methoxy groups -OCH3 is 1. The molecule has 0 spiro atoms. The van der Waals surface area contributed by atoms with Crippen LogP contribution >= 0.6 is 22.7 Å². The third-order valence-electron chi connectivity index (χ3n) is 3.47. The smallest absolute Gasteiger partial charge is 0.341 e. The van der Waals surface area contributed by atoms with Crippen LogP contribution in [0.5, 0.6) is 5.75 Å². The van der Waals surface area contributed by atoms with Crippen LogP contribution in [0.3, 0.4) is 0 Å². The fraction of sp³-hybridized carbons (Fsp3) is 0.188. The molecule has 0 aliphatic carbocycles. The Labute approximate surface area is 150 Å². The number of esters is 1. The first kappa shape index (κ1) is 17.5. The average molecular weight is 379 g/mol. The van der Waals surface area contributed by atoms with Gasteiger partial charge in [0.1, 0.15) is 27.1 Å². The normalized spacial score (nSPS) is 10.9. The fourth-order valence-corrected chi connectivity index (χ4v) is 4.09. The van der Waals surface area contributed by atoms with Crippen LogP contribution in [-0.2, 0) is 11.3 Å². The van der Waals surface area contributed by atoms with E-state index in [1.807, 2.05) is 6.92 Å². The van der Waals surface area contributed by atoms with E-state index in [1.54, 1.807) is 5.38 Å². The van der Waals surface area contributed by atoms with Gasteiger partial charge in [-0.05, 0) is 19.1 Å². The number of halogens is 1. The van der Waals surface area contributed by atoms with Crippen molar-refractivity contribution in [2.45, 2.75) is 13.5 Å². The van der Waals surface area contributed by atoms with Crippen LogP contribution in [0.1, 0.15) is 21.1 Å². The summed E-state index contributed by atoms with van der Waals surface area (Å²) in [6, 6.07) is 2.12. The summed E-state index contributed by atoms with van der Waals surface area (Å²) in [5.41, 5.74) is 6.97. The van der Waals surface area contributed by atoms with E-state index in [4.69, 9.17) is 5.73 Å². The molecule has 0 aliphatic heterocycles. The standard InChI is InChI=1S/C16H14FN3O3S2/c1-7-14(25-13(5-18)19-7)11-6-24-15(20-11)8-4-12(21)9(3-10(8)17)16(22)23-2/h3-4,6,21H,5,18H2,1-2H3. The van der Waals surface area contributed by atoms with Crippen LogP contribution in [0.15, 0.2) is 17.5 Å². The summed E-state index contributed by atoms with van der Waals surface area (Å²) in [6.45, 7) is 2.21. The number of hydrogen-bond acceptors (Lipinski definition) is 8. The molecule has 3 N–H and O–H groups in total. The Morgan fingerprint density at radius 1 is 1.40 bits per heavy atom. The number of aryl methyl sites for hydroxylation is 1. The first-order valence-electron chi connectivity index (χ1n) is 7.18. The van der Waals surface area contributed by atoms with Crippen LogP contribution in [0.25, 0.3) is 21.1 Å². The Morgan fingerprint density at radius 2 is 2.16 bits per heavy atom. The molecule has 9 heteroatoms. The summed E-state index contributed by atoms with van der Waals surface area (Å²) >= 11 is 2.68. The maximum atomic E-state index is 14.4. The Kier molecular flexibility index (Phi) is 4.80. The zero-order valence-corrected chi connectivity index (χ0v) is 15.0. The molecule has 0 aliphatic rings. The van der Waals surface area contributed by atoms with Crippen LogP contribution in [0.2, 0.25) is 0 Å². The Morgan fingerprint density at radius 3 is 2.80 bits per heavy atom. The Bertz CT molecular complexity index is 952. The molecule has 0 fully saturated rings. The first-order chi connectivity index (χ1) is 11.9. The van der Waals surface area contributed by atoms with Gasteiger partial charge in [0.2, 0.25) is 0 Å². The third kappa shape index (κ3) is 3.26. The SMILES string of the molecule is COC(=O)c1cc(F)c(-c2nc(-c3sc(CN)nc3C)cs2)cc1O. The number of nitrogens with two attached hydrogens (primary N) is 1. The van der Waals surface area contributed by atoms with E-state index < -0.39 is 11.8 Å². The average Bonchev–Trinajstić information content (AvgIpc) is 3.22. The molecule has 0 unspecified atom stereocenters. The van der Waals surface area contributed by atoms with Crippen LogP contribution < -0.4 is 5.73 Å². The molecule has 0 bridgehead atoms. The number of thiazole rings is 2. The Hall–Kier alpha value is -2.36. The van der Waals surface area contributed by atoms with Crippen molar-refractivity contribution < 1.29 is 19.0 Å². The second kappa shape index (κ2) is 6.87. The monoisotopic (exact) mass is 379 g/mol. The highest BCUT2D eigenvalue weighted by Gasteiger charge is 2.20. The van der Waals surface area contributed by atoms with Crippen molar-refractivity contribution in [3.05, 3.63) is 39.6 Å². The minimum absolute atomic E-state index is 0.114. The summed E-state index contributed by atoms with van der Waals surface area (Å²) in [5, 5.41) is 13.0. The molecule has 0 radical (unpaired) electrons. The number of ether oxygens (including phenoxy) is 1. The lowest BCUT2D eigenvalue weighted by Crippen LogP contribution is -2.02. The van der Waals surface area contributed by atoms with Gasteiger partial charge >= 0.3 is 5.97 Å². The number of phenolic OH excluding ortho intramolecular Hbond substituents is 1. The van der Waals surface area contributed by atoms with E-state index in [9.17, 15) is 14.3 Å². The third-order valence-corrected chi connectivity index (χ3v) is 5.55. The minimum Gasteiger partial charge on any atom is -0.507 e. The summed E-state index contributed by atoms with van der Waals surface area (Å²) in [4.78, 5) is 21.2. The van der Waals surface area contributed by atoms with Crippen molar-refractivity contribution in [2.24, 2.45) is 5.73 Å². The predicted octanol–water partition coefficient (Wildman–Crippen LogP) is 3.33. The van der Waals surface area contributed by atoms with E-state index in [0.717, 1.165) is 28.8 Å². The lowest BCUT2D eigenvalue weighted by Gasteiger charge is -2.06. The van der Waals surface area contributed by atoms with Gasteiger partial charge in [0, 0.05) is 17.5 Å². The fourth-order valence-electron chi connectivity index (χ4n) is 2.28. The number of carbonyl (C=O) groups excluding carboxylic acids is 1. The molecule has 2 heterocycles. The predicted molar refractivity (Wildman–Crippen MR) is 94.2 cm³/mol. The molecule has 1 aromatic carbocycles. The molecule has 25 heavy (non-hydrogen) atoms. The molecule has 0 saturated carbocycles. The van der Waals surface area contributed by atoms with Crippen molar-refractivity contribution in [1.82, 2.24) is 9.97 Å². The summed E-state index contributed by atoms with van der Waals surface area (Å²) in [7, 11) is 1.16. The largest absolute Gasteiger partial charge is 0.507 e. The number of aromatic nitrogens is 2. The lowest BCUT2D eigenvalue weighted by atomic mass is 10.1. The highest BCUT2D eigenvalue weighted by atomic mass is 32.1. The van der Waals surface area contributed by atoms with Gasteiger partial charge in [-0.1, -0.05) is 0 Å². The molecule has 3 aromatic rings. The molecule has 2 aromatic heterocycles. The molecule has 0 saturated heterocycles. The van der Waals surface area contributed by atoms with Crippen molar-refractivity contribution in [2.75, 3.05) is 7.11 Å². The molecule has 0 atom stereocenters. The number of phenols is 1. The lowest BCUT2D eigenvalue weighted by molar-refractivity contribution is 0.0597. The Balaban J connectivity index is 2.01. The van der Waals surface area contributed by atoms with Gasteiger partial charge in [0.25, 0.3) is 0 Å². The zero-order chi connectivity index (χ0) is 18.1. The van der Waals surface area contributed by atoms with Crippen LogP contribution in [0, 0.1) is 12.7 Å².